The zero-order chi connectivity index (χ0) is 13.1. The van der Waals surface area contributed by atoms with E-state index in [0.717, 1.165) is 12.5 Å². The summed E-state index contributed by atoms with van der Waals surface area (Å²) in [6.45, 7) is 3.17. The van der Waals surface area contributed by atoms with Crippen molar-refractivity contribution in [2.45, 2.75) is 31.8 Å². The SMILES string of the molecule is CC(CNC(c1ccc(F)cc1)C1CC1)N(C)C. The third-order valence-corrected chi connectivity index (χ3v) is 3.84. The van der Waals surface area contributed by atoms with Gasteiger partial charge in [0.25, 0.3) is 0 Å². The normalized spacial score (nSPS) is 18.9. The van der Waals surface area contributed by atoms with Gasteiger partial charge in [-0.15, -0.1) is 0 Å². The van der Waals surface area contributed by atoms with Crippen LogP contribution in [0.15, 0.2) is 24.3 Å². The summed E-state index contributed by atoms with van der Waals surface area (Å²) < 4.78 is 13.0. The van der Waals surface area contributed by atoms with Crippen molar-refractivity contribution in [2.75, 3.05) is 20.6 Å². The van der Waals surface area contributed by atoms with Gasteiger partial charge in [0, 0.05) is 18.6 Å². The lowest BCUT2D eigenvalue weighted by atomic mass is 10.0. The van der Waals surface area contributed by atoms with Gasteiger partial charge < -0.3 is 10.2 Å². The maximum absolute atomic E-state index is 13.0. The quantitative estimate of drug-likeness (QED) is 0.835. The fourth-order valence-electron chi connectivity index (χ4n) is 2.14. The molecule has 18 heavy (non-hydrogen) atoms. The molecule has 1 aliphatic rings. The lowest BCUT2D eigenvalue weighted by molar-refractivity contribution is 0.288. The van der Waals surface area contributed by atoms with Gasteiger partial charge in [0.1, 0.15) is 5.82 Å². The number of nitrogens with one attached hydrogen (secondary N) is 1. The first kappa shape index (κ1) is 13.5. The zero-order valence-electron chi connectivity index (χ0n) is 11.5. The highest BCUT2D eigenvalue weighted by atomic mass is 19.1. The summed E-state index contributed by atoms with van der Waals surface area (Å²) in [5.41, 5.74) is 1.21. The Hall–Kier alpha value is -0.930. The van der Waals surface area contributed by atoms with Gasteiger partial charge in [-0.1, -0.05) is 12.1 Å². The van der Waals surface area contributed by atoms with E-state index in [-0.39, 0.29) is 5.82 Å². The molecule has 1 aromatic carbocycles. The van der Waals surface area contributed by atoms with E-state index in [9.17, 15) is 4.39 Å². The van der Waals surface area contributed by atoms with Crippen molar-refractivity contribution in [2.24, 2.45) is 5.92 Å². The molecule has 2 nitrogen and oxygen atoms in total. The van der Waals surface area contributed by atoms with Gasteiger partial charge in [-0.05, 0) is 57.5 Å². The van der Waals surface area contributed by atoms with Gasteiger partial charge in [0.2, 0.25) is 0 Å². The minimum atomic E-state index is -0.157. The lowest BCUT2D eigenvalue weighted by Gasteiger charge is -2.25. The summed E-state index contributed by atoms with van der Waals surface area (Å²) in [4.78, 5) is 2.21. The first-order chi connectivity index (χ1) is 8.58. The molecule has 0 bridgehead atoms. The summed E-state index contributed by atoms with van der Waals surface area (Å²) in [5, 5.41) is 3.63. The van der Waals surface area contributed by atoms with Crippen LogP contribution in [0.5, 0.6) is 0 Å². The first-order valence-electron chi connectivity index (χ1n) is 6.73. The van der Waals surface area contributed by atoms with E-state index in [4.69, 9.17) is 0 Å². The van der Waals surface area contributed by atoms with Crippen LogP contribution in [-0.4, -0.2) is 31.6 Å². The van der Waals surface area contributed by atoms with Crippen molar-refractivity contribution in [1.82, 2.24) is 10.2 Å². The molecule has 100 valence electrons. The Kier molecular flexibility index (Phi) is 4.36. The van der Waals surface area contributed by atoms with Gasteiger partial charge in [0.05, 0.1) is 0 Å². The van der Waals surface area contributed by atoms with E-state index in [1.807, 2.05) is 12.1 Å². The van der Waals surface area contributed by atoms with Crippen LogP contribution in [0.2, 0.25) is 0 Å². The molecule has 0 saturated heterocycles. The number of likely N-dealkylation sites (N-methyl/N-ethyl adjacent to an activating group) is 1. The molecule has 0 heterocycles. The molecule has 0 radical (unpaired) electrons. The molecule has 1 aromatic rings. The van der Waals surface area contributed by atoms with Crippen molar-refractivity contribution in [3.63, 3.8) is 0 Å². The molecule has 1 fully saturated rings. The van der Waals surface area contributed by atoms with E-state index in [2.05, 4.69) is 31.2 Å². The smallest absolute Gasteiger partial charge is 0.123 e. The second kappa shape index (κ2) is 5.81. The standard InChI is InChI=1S/C15H23FN2/c1-11(18(2)3)10-17-15(12-4-5-12)13-6-8-14(16)9-7-13/h6-9,11-12,15,17H,4-5,10H2,1-3H3. The highest BCUT2D eigenvalue weighted by molar-refractivity contribution is 5.22. The number of halogens is 1. The maximum Gasteiger partial charge on any atom is 0.123 e. The lowest BCUT2D eigenvalue weighted by Crippen LogP contribution is -2.37. The largest absolute Gasteiger partial charge is 0.308 e. The average molecular weight is 250 g/mol. The number of nitrogens with zero attached hydrogens (tertiary/aromatic N) is 1. The fraction of sp³-hybridized carbons (Fsp3) is 0.600. The minimum Gasteiger partial charge on any atom is -0.308 e. The molecule has 0 aliphatic heterocycles. The molecule has 1 N–H and O–H groups in total. The Morgan fingerprint density at radius 3 is 2.39 bits per heavy atom. The van der Waals surface area contributed by atoms with Gasteiger partial charge in [-0.3, -0.25) is 0 Å². The molecule has 1 aliphatic carbocycles. The summed E-state index contributed by atoms with van der Waals surface area (Å²) >= 11 is 0. The highest BCUT2D eigenvalue weighted by Gasteiger charge is 2.32. The summed E-state index contributed by atoms with van der Waals surface area (Å²) in [6.07, 6.45) is 2.57. The zero-order valence-corrected chi connectivity index (χ0v) is 11.5. The van der Waals surface area contributed by atoms with Crippen LogP contribution in [-0.2, 0) is 0 Å². The summed E-state index contributed by atoms with van der Waals surface area (Å²) in [5.74, 6) is 0.569. The van der Waals surface area contributed by atoms with E-state index in [1.165, 1.54) is 18.4 Å². The highest BCUT2D eigenvalue weighted by Crippen LogP contribution is 2.40. The van der Waals surface area contributed by atoms with Gasteiger partial charge in [-0.2, -0.15) is 0 Å². The molecule has 0 amide bonds. The van der Waals surface area contributed by atoms with E-state index < -0.39 is 0 Å². The Bertz CT molecular complexity index is 371. The Morgan fingerprint density at radius 1 is 1.28 bits per heavy atom. The third kappa shape index (κ3) is 3.53. The molecular weight excluding hydrogens is 227 g/mol. The van der Waals surface area contributed by atoms with Crippen LogP contribution >= 0.6 is 0 Å². The Balaban J connectivity index is 1.98. The Morgan fingerprint density at radius 2 is 1.89 bits per heavy atom. The predicted octanol–water partition coefficient (Wildman–Crippen LogP) is 2.82. The maximum atomic E-state index is 13.0. The molecule has 0 spiro atoms. The number of hydrogen-bond acceptors (Lipinski definition) is 2. The molecule has 3 heteroatoms. The molecule has 2 rings (SSSR count). The topological polar surface area (TPSA) is 15.3 Å². The number of hydrogen-bond donors (Lipinski definition) is 1. The third-order valence-electron chi connectivity index (χ3n) is 3.84. The van der Waals surface area contributed by atoms with E-state index in [1.54, 1.807) is 12.1 Å². The molecule has 2 unspecified atom stereocenters. The fourth-order valence-corrected chi connectivity index (χ4v) is 2.14. The number of rotatable bonds is 6. The van der Waals surface area contributed by atoms with E-state index in [0.29, 0.717) is 12.1 Å². The van der Waals surface area contributed by atoms with Crippen LogP contribution in [0.25, 0.3) is 0 Å². The van der Waals surface area contributed by atoms with Crippen molar-refractivity contribution in [3.8, 4) is 0 Å². The van der Waals surface area contributed by atoms with Crippen molar-refractivity contribution < 1.29 is 4.39 Å². The second-order valence-corrected chi connectivity index (χ2v) is 5.59. The molecule has 2 atom stereocenters. The van der Waals surface area contributed by atoms with Gasteiger partial charge in [-0.25, -0.2) is 4.39 Å². The minimum absolute atomic E-state index is 0.157. The van der Waals surface area contributed by atoms with Crippen LogP contribution in [0.3, 0.4) is 0 Å². The first-order valence-corrected chi connectivity index (χ1v) is 6.73. The van der Waals surface area contributed by atoms with Crippen molar-refractivity contribution in [1.29, 1.82) is 0 Å². The predicted molar refractivity (Wildman–Crippen MR) is 73.0 cm³/mol. The number of benzene rings is 1. The average Bonchev–Trinajstić information content (AvgIpc) is 3.15. The molecular formula is C15H23FN2. The van der Waals surface area contributed by atoms with Crippen LogP contribution < -0.4 is 5.32 Å². The van der Waals surface area contributed by atoms with E-state index >= 15 is 0 Å². The second-order valence-electron chi connectivity index (χ2n) is 5.59. The van der Waals surface area contributed by atoms with Crippen molar-refractivity contribution in [3.05, 3.63) is 35.6 Å². The molecule has 0 aromatic heterocycles. The summed E-state index contributed by atoms with van der Waals surface area (Å²) in [6, 6.07) is 7.82. The monoisotopic (exact) mass is 250 g/mol. The Labute approximate surface area is 109 Å². The van der Waals surface area contributed by atoms with Gasteiger partial charge >= 0.3 is 0 Å². The summed E-state index contributed by atoms with van der Waals surface area (Å²) in [7, 11) is 4.19. The van der Waals surface area contributed by atoms with Crippen molar-refractivity contribution >= 4 is 0 Å². The molecule has 1 saturated carbocycles. The van der Waals surface area contributed by atoms with Crippen LogP contribution in [0.4, 0.5) is 4.39 Å². The van der Waals surface area contributed by atoms with Gasteiger partial charge in [0.15, 0.2) is 0 Å². The van der Waals surface area contributed by atoms with Crippen LogP contribution in [0.1, 0.15) is 31.4 Å². The van der Waals surface area contributed by atoms with Crippen LogP contribution in [0, 0.1) is 11.7 Å².